The SMILES string of the molecule is O=C(Nc1c[nH]c2cc(F)ccc12)c1cnc(N2CCC(F)(F)CC2)c(Cl)c1. The number of aromatic nitrogens is 2. The van der Waals surface area contributed by atoms with Crippen LogP contribution in [0.1, 0.15) is 23.2 Å². The molecular weight excluding hydrogens is 393 g/mol. The highest BCUT2D eigenvalue weighted by Crippen LogP contribution is 2.33. The summed E-state index contributed by atoms with van der Waals surface area (Å²) in [5.74, 6) is -3.09. The molecule has 3 aromatic rings. The molecule has 0 saturated carbocycles. The van der Waals surface area contributed by atoms with Crippen LogP contribution in [0.2, 0.25) is 5.02 Å². The molecule has 1 fully saturated rings. The van der Waals surface area contributed by atoms with Crippen molar-refractivity contribution in [2.24, 2.45) is 0 Å². The van der Waals surface area contributed by atoms with E-state index in [0.29, 0.717) is 22.4 Å². The van der Waals surface area contributed by atoms with Crippen LogP contribution in [0.4, 0.5) is 24.7 Å². The van der Waals surface area contributed by atoms with Gasteiger partial charge in [0, 0.05) is 43.7 Å². The Morgan fingerprint density at radius 3 is 2.71 bits per heavy atom. The van der Waals surface area contributed by atoms with Crippen LogP contribution in [0.5, 0.6) is 0 Å². The Balaban J connectivity index is 1.51. The number of fused-ring (bicyclic) bond motifs is 1. The number of aromatic amines is 1. The van der Waals surface area contributed by atoms with E-state index in [1.807, 2.05) is 0 Å². The van der Waals surface area contributed by atoms with Gasteiger partial charge < -0.3 is 15.2 Å². The smallest absolute Gasteiger partial charge is 0.257 e. The summed E-state index contributed by atoms with van der Waals surface area (Å²) in [5.41, 5.74) is 1.29. The second kappa shape index (κ2) is 7.01. The molecule has 0 atom stereocenters. The molecule has 1 saturated heterocycles. The van der Waals surface area contributed by atoms with Gasteiger partial charge in [-0.25, -0.2) is 18.2 Å². The predicted octanol–water partition coefficient (Wildman–Crippen LogP) is 4.84. The molecule has 0 aliphatic carbocycles. The molecule has 1 aliphatic rings. The van der Waals surface area contributed by atoms with Crippen LogP contribution in [0.15, 0.2) is 36.7 Å². The van der Waals surface area contributed by atoms with E-state index in [2.05, 4.69) is 15.3 Å². The zero-order valence-electron chi connectivity index (χ0n) is 14.6. The van der Waals surface area contributed by atoms with Gasteiger partial charge in [0.15, 0.2) is 0 Å². The normalized spacial score (nSPS) is 16.4. The van der Waals surface area contributed by atoms with E-state index in [0.717, 1.165) is 0 Å². The first-order valence-corrected chi connectivity index (χ1v) is 9.06. The highest BCUT2D eigenvalue weighted by Gasteiger charge is 2.35. The highest BCUT2D eigenvalue weighted by atomic mass is 35.5. The molecule has 146 valence electrons. The fourth-order valence-electron chi connectivity index (χ4n) is 3.23. The lowest BCUT2D eigenvalue weighted by Crippen LogP contribution is -2.39. The topological polar surface area (TPSA) is 61.0 Å². The average Bonchev–Trinajstić information content (AvgIpc) is 3.04. The number of rotatable bonds is 3. The van der Waals surface area contributed by atoms with Crippen molar-refractivity contribution < 1.29 is 18.0 Å². The maximum atomic E-state index is 13.3. The van der Waals surface area contributed by atoms with Gasteiger partial charge in [0.25, 0.3) is 11.8 Å². The quantitative estimate of drug-likeness (QED) is 0.651. The van der Waals surface area contributed by atoms with E-state index in [-0.39, 0.29) is 42.3 Å². The largest absolute Gasteiger partial charge is 0.359 e. The third-order valence-corrected chi connectivity index (χ3v) is 5.05. The Bertz CT molecular complexity index is 1040. The highest BCUT2D eigenvalue weighted by molar-refractivity contribution is 6.33. The third-order valence-electron chi connectivity index (χ3n) is 4.77. The van der Waals surface area contributed by atoms with Gasteiger partial charge in [0.05, 0.1) is 21.8 Å². The van der Waals surface area contributed by atoms with Crippen LogP contribution in [-0.2, 0) is 0 Å². The van der Waals surface area contributed by atoms with E-state index in [9.17, 15) is 18.0 Å². The van der Waals surface area contributed by atoms with Crippen molar-refractivity contribution in [3.8, 4) is 0 Å². The van der Waals surface area contributed by atoms with Crippen molar-refractivity contribution in [3.05, 3.63) is 53.1 Å². The number of halogens is 4. The van der Waals surface area contributed by atoms with Gasteiger partial charge in [0.1, 0.15) is 11.6 Å². The minimum Gasteiger partial charge on any atom is -0.359 e. The van der Waals surface area contributed by atoms with Gasteiger partial charge in [-0.2, -0.15) is 0 Å². The van der Waals surface area contributed by atoms with E-state index in [1.54, 1.807) is 17.2 Å². The number of anilines is 2. The fourth-order valence-corrected chi connectivity index (χ4v) is 3.52. The summed E-state index contributed by atoms with van der Waals surface area (Å²) >= 11 is 6.25. The summed E-state index contributed by atoms with van der Waals surface area (Å²) < 4.78 is 39.9. The number of hydrogen-bond acceptors (Lipinski definition) is 3. The number of H-pyrrole nitrogens is 1. The van der Waals surface area contributed by atoms with Crippen LogP contribution in [0.3, 0.4) is 0 Å². The summed E-state index contributed by atoms with van der Waals surface area (Å²) in [6.45, 7) is 0.300. The van der Waals surface area contributed by atoms with E-state index >= 15 is 0 Å². The van der Waals surface area contributed by atoms with Crippen LogP contribution in [-0.4, -0.2) is 34.9 Å². The number of carbonyl (C=O) groups excluding carboxylic acids is 1. The molecule has 0 radical (unpaired) electrons. The molecule has 28 heavy (non-hydrogen) atoms. The molecule has 2 N–H and O–H groups in total. The molecule has 2 aromatic heterocycles. The first-order chi connectivity index (χ1) is 13.3. The Labute approximate surface area is 163 Å². The maximum Gasteiger partial charge on any atom is 0.257 e. The summed E-state index contributed by atoms with van der Waals surface area (Å²) in [5, 5.41) is 3.62. The number of piperidine rings is 1. The van der Waals surface area contributed by atoms with E-state index in [4.69, 9.17) is 11.6 Å². The summed E-state index contributed by atoms with van der Waals surface area (Å²) in [7, 11) is 0. The summed E-state index contributed by atoms with van der Waals surface area (Å²) in [4.78, 5) is 21.3. The minimum atomic E-state index is -2.66. The van der Waals surface area contributed by atoms with Gasteiger partial charge in [-0.15, -0.1) is 0 Å². The zero-order chi connectivity index (χ0) is 19.9. The van der Waals surface area contributed by atoms with Crippen LogP contribution >= 0.6 is 11.6 Å². The Morgan fingerprint density at radius 1 is 1.25 bits per heavy atom. The number of pyridine rings is 1. The fraction of sp³-hybridized carbons (Fsp3) is 0.263. The molecule has 1 aliphatic heterocycles. The number of nitrogens with one attached hydrogen (secondary N) is 2. The van der Waals surface area contributed by atoms with E-state index in [1.165, 1.54) is 24.4 Å². The number of hydrogen-bond donors (Lipinski definition) is 2. The first-order valence-electron chi connectivity index (χ1n) is 8.69. The molecule has 4 rings (SSSR count). The van der Waals surface area contributed by atoms with Crippen molar-refractivity contribution in [3.63, 3.8) is 0 Å². The third kappa shape index (κ3) is 3.64. The Hall–Kier alpha value is -2.74. The second-order valence-electron chi connectivity index (χ2n) is 6.72. The van der Waals surface area contributed by atoms with E-state index < -0.39 is 11.8 Å². The predicted molar refractivity (Wildman–Crippen MR) is 102 cm³/mol. The van der Waals surface area contributed by atoms with Gasteiger partial charge in [-0.1, -0.05) is 11.6 Å². The lowest BCUT2D eigenvalue weighted by atomic mass is 10.1. The number of benzene rings is 1. The summed E-state index contributed by atoms with van der Waals surface area (Å²) in [6, 6.07) is 5.67. The molecule has 9 heteroatoms. The first kappa shape index (κ1) is 18.6. The van der Waals surface area contributed by atoms with Crippen molar-refractivity contribution >= 4 is 39.9 Å². The molecule has 0 spiro atoms. The lowest BCUT2D eigenvalue weighted by molar-refractivity contribution is -0.0221. The standard InChI is InChI=1S/C19H16ClF3N4O/c20-14-7-11(9-25-17(14)27-5-3-19(22,23)4-6-27)18(28)26-16-10-24-15-8-12(21)1-2-13(15)16/h1-2,7-10,24H,3-6H2,(H,26,28). The molecule has 5 nitrogen and oxygen atoms in total. The number of alkyl halides is 2. The van der Waals surface area contributed by atoms with Crippen molar-refractivity contribution in [1.29, 1.82) is 0 Å². The molecule has 1 amide bonds. The van der Waals surface area contributed by atoms with Gasteiger partial charge in [-0.3, -0.25) is 4.79 Å². The van der Waals surface area contributed by atoms with Crippen LogP contribution < -0.4 is 10.2 Å². The van der Waals surface area contributed by atoms with Crippen molar-refractivity contribution in [1.82, 2.24) is 9.97 Å². The monoisotopic (exact) mass is 408 g/mol. The lowest BCUT2D eigenvalue weighted by Gasteiger charge is -2.33. The minimum absolute atomic E-state index is 0.150. The van der Waals surface area contributed by atoms with Gasteiger partial charge in [-0.05, 0) is 24.3 Å². The van der Waals surface area contributed by atoms with Crippen molar-refractivity contribution in [2.75, 3.05) is 23.3 Å². The Morgan fingerprint density at radius 2 is 2.00 bits per heavy atom. The second-order valence-corrected chi connectivity index (χ2v) is 7.13. The molecular formula is C19H16ClF3N4O. The number of amides is 1. The molecule has 1 aromatic carbocycles. The zero-order valence-corrected chi connectivity index (χ0v) is 15.4. The van der Waals surface area contributed by atoms with Crippen molar-refractivity contribution in [2.45, 2.75) is 18.8 Å². The summed E-state index contributed by atoms with van der Waals surface area (Å²) in [6.07, 6.45) is 2.42. The maximum absolute atomic E-state index is 13.3. The van der Waals surface area contributed by atoms with Gasteiger partial charge in [0.2, 0.25) is 0 Å². The Kier molecular flexibility index (Phi) is 4.66. The number of nitrogens with zero attached hydrogens (tertiary/aromatic N) is 2. The molecule has 3 heterocycles. The molecule has 0 bridgehead atoms. The average molecular weight is 409 g/mol. The number of carbonyl (C=O) groups is 1. The van der Waals surface area contributed by atoms with Crippen LogP contribution in [0.25, 0.3) is 10.9 Å². The molecule has 0 unspecified atom stereocenters. The van der Waals surface area contributed by atoms with Crippen LogP contribution in [0, 0.1) is 5.82 Å². The van der Waals surface area contributed by atoms with Gasteiger partial charge >= 0.3 is 0 Å².